The maximum atomic E-state index is 12.4. The van der Waals surface area contributed by atoms with Crippen molar-refractivity contribution in [3.05, 3.63) is 0 Å². The summed E-state index contributed by atoms with van der Waals surface area (Å²) in [4.78, 5) is 0. The lowest BCUT2D eigenvalue weighted by Crippen LogP contribution is -2.34. The van der Waals surface area contributed by atoms with E-state index in [1.54, 1.807) is 0 Å². The Bertz CT molecular complexity index is 199. The maximum absolute atomic E-state index is 12.4. The van der Waals surface area contributed by atoms with E-state index in [1.807, 2.05) is 0 Å². The number of halogens is 7. The maximum Gasteiger partial charge on any atom is 0.440 e. The van der Waals surface area contributed by atoms with Gasteiger partial charge in [-0.3, -0.25) is 4.74 Å². The van der Waals surface area contributed by atoms with E-state index in [4.69, 9.17) is 23.2 Å². The Kier molecular flexibility index (Phi) is 2.43. The number of ether oxygens (including phenoxy) is 2. The minimum absolute atomic E-state index is 3.11. The Balaban J connectivity index is 2.83. The second-order valence-electron chi connectivity index (χ2n) is 2.14. The molecule has 1 fully saturated rings. The predicted octanol–water partition coefficient (Wildman–Crippen LogP) is 2.65. The molecule has 78 valence electrons. The molecule has 0 radical (unpaired) electrons. The van der Waals surface area contributed by atoms with E-state index in [1.165, 1.54) is 0 Å². The zero-order chi connectivity index (χ0) is 10.5. The highest BCUT2D eigenvalue weighted by Gasteiger charge is 2.68. The molecule has 9 heteroatoms. The molecule has 0 saturated carbocycles. The largest absolute Gasteiger partial charge is 0.440 e. The Morgan fingerprint density at radius 2 is 1.54 bits per heavy atom. The first kappa shape index (κ1) is 11.2. The van der Waals surface area contributed by atoms with Crippen molar-refractivity contribution >= 4 is 23.2 Å². The van der Waals surface area contributed by atoms with Crippen LogP contribution in [-0.2, 0) is 9.47 Å². The first-order valence-corrected chi connectivity index (χ1v) is 3.50. The van der Waals surface area contributed by atoms with Crippen molar-refractivity contribution < 1.29 is 31.4 Å². The van der Waals surface area contributed by atoms with Gasteiger partial charge in [0.1, 0.15) is 0 Å². The zero-order valence-electron chi connectivity index (χ0n) is 5.54. The molecule has 1 heterocycles. The van der Waals surface area contributed by atoms with Gasteiger partial charge in [0.15, 0.2) is 0 Å². The van der Waals surface area contributed by atoms with Gasteiger partial charge in [0.2, 0.25) is 0 Å². The fourth-order valence-corrected chi connectivity index (χ4v) is 0.815. The van der Waals surface area contributed by atoms with Crippen LogP contribution in [0.5, 0.6) is 0 Å². The third-order valence-corrected chi connectivity index (χ3v) is 1.73. The topological polar surface area (TPSA) is 18.5 Å². The molecule has 0 aromatic carbocycles. The molecule has 1 atom stereocenters. The van der Waals surface area contributed by atoms with Crippen LogP contribution in [0.1, 0.15) is 0 Å². The number of alkyl halides is 7. The Morgan fingerprint density at radius 3 is 1.69 bits per heavy atom. The quantitative estimate of drug-likeness (QED) is 0.483. The summed E-state index contributed by atoms with van der Waals surface area (Å²) in [6.45, 7) is 0. The smallest absolute Gasteiger partial charge is 0.301 e. The number of hydrogen-bond acceptors (Lipinski definition) is 2. The summed E-state index contributed by atoms with van der Waals surface area (Å²) in [6.07, 6.45) is -12.6. The van der Waals surface area contributed by atoms with Gasteiger partial charge in [0.05, 0.1) is 0 Å². The Morgan fingerprint density at radius 1 is 1.08 bits per heavy atom. The molecule has 1 unspecified atom stereocenters. The highest BCUT2D eigenvalue weighted by atomic mass is 35.5. The van der Waals surface area contributed by atoms with Gasteiger partial charge in [0, 0.05) is 0 Å². The highest BCUT2D eigenvalue weighted by Crippen LogP contribution is 2.50. The number of rotatable bonds is 0. The van der Waals surface area contributed by atoms with Crippen molar-refractivity contribution in [3.8, 4) is 0 Å². The second-order valence-corrected chi connectivity index (χ2v) is 3.40. The molecule has 0 spiro atoms. The third-order valence-electron chi connectivity index (χ3n) is 1.12. The van der Waals surface area contributed by atoms with E-state index < -0.39 is 23.1 Å². The lowest BCUT2D eigenvalue weighted by molar-refractivity contribution is -0.314. The van der Waals surface area contributed by atoms with Crippen molar-refractivity contribution in [1.29, 1.82) is 0 Å². The summed E-state index contributed by atoms with van der Waals surface area (Å²) >= 11 is 9.46. The standard InChI is InChI=1S/C4HCl2F5O2/c5-3(6)4(10,11)13-1(12-3)2(7,8)9/h1H. The van der Waals surface area contributed by atoms with Crippen LogP contribution in [0.4, 0.5) is 22.0 Å². The minimum atomic E-state index is -5.10. The number of hydrogen-bond donors (Lipinski definition) is 0. The van der Waals surface area contributed by atoms with Crippen molar-refractivity contribution in [3.63, 3.8) is 0 Å². The van der Waals surface area contributed by atoms with Crippen LogP contribution >= 0.6 is 23.2 Å². The Labute approximate surface area is 78.5 Å². The third kappa shape index (κ3) is 1.98. The van der Waals surface area contributed by atoms with Crippen molar-refractivity contribution in [2.24, 2.45) is 0 Å². The minimum Gasteiger partial charge on any atom is -0.301 e. The molecular weight excluding hydrogens is 246 g/mol. The predicted molar refractivity (Wildman–Crippen MR) is 31.4 cm³/mol. The lowest BCUT2D eigenvalue weighted by atomic mass is 10.6. The van der Waals surface area contributed by atoms with Gasteiger partial charge >= 0.3 is 16.8 Å². The summed E-state index contributed by atoms with van der Waals surface area (Å²) in [5.74, 6) is 0. The molecule has 0 N–H and O–H groups in total. The van der Waals surface area contributed by atoms with Gasteiger partial charge in [-0.2, -0.15) is 22.0 Å². The van der Waals surface area contributed by atoms with Crippen LogP contribution in [0.3, 0.4) is 0 Å². The summed E-state index contributed by atoms with van der Waals surface area (Å²) in [7, 11) is 0. The molecule has 2 nitrogen and oxygen atoms in total. The molecule has 13 heavy (non-hydrogen) atoms. The Hall–Kier alpha value is 0.150. The van der Waals surface area contributed by atoms with Gasteiger partial charge in [0.25, 0.3) is 6.29 Å². The second kappa shape index (κ2) is 2.82. The molecular formula is C4HCl2F5O2. The van der Waals surface area contributed by atoms with E-state index in [0.29, 0.717) is 0 Å². The van der Waals surface area contributed by atoms with E-state index in [0.717, 1.165) is 0 Å². The fraction of sp³-hybridized carbons (Fsp3) is 1.00. The van der Waals surface area contributed by atoms with Crippen LogP contribution in [0.25, 0.3) is 0 Å². The van der Waals surface area contributed by atoms with Gasteiger partial charge in [-0.15, -0.1) is 0 Å². The van der Waals surface area contributed by atoms with Crippen molar-refractivity contribution in [1.82, 2.24) is 0 Å². The molecule has 0 aliphatic carbocycles. The molecule has 0 amide bonds. The molecule has 1 saturated heterocycles. The average Bonchev–Trinajstić information content (AvgIpc) is 2.00. The van der Waals surface area contributed by atoms with Gasteiger partial charge in [-0.1, -0.05) is 23.2 Å². The summed E-state index contributed by atoms with van der Waals surface area (Å²) in [5, 5.41) is 0. The van der Waals surface area contributed by atoms with Crippen LogP contribution in [-0.4, -0.2) is 23.1 Å². The fourth-order valence-electron chi connectivity index (χ4n) is 0.564. The highest BCUT2D eigenvalue weighted by molar-refractivity contribution is 6.48. The van der Waals surface area contributed by atoms with Gasteiger partial charge < -0.3 is 4.74 Å². The van der Waals surface area contributed by atoms with E-state index in [2.05, 4.69) is 9.47 Å². The molecule has 1 aliphatic heterocycles. The average molecular weight is 247 g/mol. The van der Waals surface area contributed by atoms with Gasteiger partial charge in [-0.05, 0) is 0 Å². The lowest BCUT2D eigenvalue weighted by Gasteiger charge is -2.15. The first-order valence-electron chi connectivity index (χ1n) is 2.74. The van der Waals surface area contributed by atoms with E-state index in [9.17, 15) is 22.0 Å². The van der Waals surface area contributed by atoms with Crippen LogP contribution in [0, 0.1) is 0 Å². The van der Waals surface area contributed by atoms with Crippen molar-refractivity contribution in [2.75, 3.05) is 0 Å². The SMILES string of the molecule is FC(F)(F)C1OC(F)(F)C(Cl)(Cl)O1. The molecule has 1 rings (SSSR count). The van der Waals surface area contributed by atoms with Crippen LogP contribution < -0.4 is 0 Å². The zero-order valence-corrected chi connectivity index (χ0v) is 7.05. The summed E-state index contributed by atoms with van der Waals surface area (Å²) < 4.78 is 63.5. The van der Waals surface area contributed by atoms with E-state index in [-0.39, 0.29) is 0 Å². The summed E-state index contributed by atoms with van der Waals surface area (Å²) in [5.41, 5.74) is 0. The first-order chi connectivity index (χ1) is 5.56. The molecule has 0 bridgehead atoms. The molecule has 1 aliphatic rings. The van der Waals surface area contributed by atoms with Crippen LogP contribution in [0.2, 0.25) is 0 Å². The monoisotopic (exact) mass is 246 g/mol. The van der Waals surface area contributed by atoms with Crippen molar-refractivity contribution in [2.45, 2.75) is 23.1 Å². The van der Waals surface area contributed by atoms with Crippen LogP contribution in [0.15, 0.2) is 0 Å². The summed E-state index contributed by atoms with van der Waals surface area (Å²) in [6, 6.07) is 0. The normalized spacial score (nSPS) is 32.1. The molecule has 0 aromatic rings. The van der Waals surface area contributed by atoms with Gasteiger partial charge in [-0.25, -0.2) is 0 Å². The van der Waals surface area contributed by atoms with E-state index >= 15 is 0 Å². The molecule has 0 aromatic heterocycles.